The molecule has 0 saturated heterocycles. The van der Waals surface area contributed by atoms with Crippen LogP contribution in [0.5, 0.6) is 0 Å². The zero-order chi connectivity index (χ0) is 20.5. The zero-order valence-corrected chi connectivity index (χ0v) is 18.1. The molecule has 2 N–H and O–H groups in total. The summed E-state index contributed by atoms with van der Waals surface area (Å²) in [6.07, 6.45) is 4.39. The van der Waals surface area contributed by atoms with Gasteiger partial charge in [-0.15, -0.1) is 0 Å². The van der Waals surface area contributed by atoms with E-state index in [-0.39, 0.29) is 24.0 Å². The molecule has 0 spiro atoms. The highest BCUT2D eigenvalue weighted by atomic mass is 79.9. The van der Waals surface area contributed by atoms with Gasteiger partial charge in [0.1, 0.15) is 10.2 Å². The summed E-state index contributed by atoms with van der Waals surface area (Å²) >= 11 is 3.33. The van der Waals surface area contributed by atoms with E-state index in [1.165, 1.54) is 0 Å². The Morgan fingerprint density at radius 1 is 1.25 bits per heavy atom. The third kappa shape index (κ3) is 5.37. The molecular formula is C20H28BrN3O4. The number of nitrogens with zero attached hydrogens (tertiary/aromatic N) is 2. The minimum absolute atomic E-state index is 0.00686. The predicted molar refractivity (Wildman–Crippen MR) is 108 cm³/mol. The van der Waals surface area contributed by atoms with Crippen molar-refractivity contribution in [1.82, 2.24) is 15.2 Å². The quantitative estimate of drug-likeness (QED) is 0.653. The number of carbonyl (C=O) groups is 2. The number of halogens is 1. The molecule has 2 aliphatic carbocycles. The van der Waals surface area contributed by atoms with Gasteiger partial charge in [-0.1, -0.05) is 6.07 Å². The summed E-state index contributed by atoms with van der Waals surface area (Å²) in [5, 5.41) is 12.7. The average Bonchev–Trinajstić information content (AvgIpc) is 3.35. The van der Waals surface area contributed by atoms with E-state index >= 15 is 0 Å². The van der Waals surface area contributed by atoms with Gasteiger partial charge in [0, 0.05) is 30.2 Å². The van der Waals surface area contributed by atoms with Gasteiger partial charge in [-0.05, 0) is 80.4 Å². The van der Waals surface area contributed by atoms with E-state index in [0.29, 0.717) is 0 Å². The first-order valence-electron chi connectivity index (χ1n) is 9.76. The maximum atomic E-state index is 11.9. The fourth-order valence-corrected chi connectivity index (χ4v) is 4.23. The number of hydrogen-bond donors (Lipinski definition) is 2. The lowest BCUT2D eigenvalue weighted by Crippen LogP contribution is -2.47. The number of pyridine rings is 1. The van der Waals surface area contributed by atoms with E-state index < -0.39 is 17.8 Å². The van der Waals surface area contributed by atoms with Crippen molar-refractivity contribution >= 4 is 28.1 Å². The number of hydrogen-bond acceptors (Lipinski definition) is 4. The van der Waals surface area contributed by atoms with Crippen molar-refractivity contribution in [2.45, 2.75) is 82.5 Å². The van der Waals surface area contributed by atoms with Crippen molar-refractivity contribution in [2.24, 2.45) is 0 Å². The number of carboxylic acid groups (broad SMARTS) is 1. The number of amides is 2. The Balaban J connectivity index is 1.54. The van der Waals surface area contributed by atoms with Gasteiger partial charge in [0.05, 0.1) is 0 Å². The van der Waals surface area contributed by atoms with E-state index in [4.69, 9.17) is 4.74 Å². The third-order valence-electron chi connectivity index (χ3n) is 5.32. The van der Waals surface area contributed by atoms with Gasteiger partial charge >= 0.3 is 12.2 Å². The monoisotopic (exact) mass is 453 g/mol. The van der Waals surface area contributed by atoms with Crippen LogP contribution in [0.25, 0.3) is 0 Å². The molecule has 1 aromatic rings. The number of nitrogens with one attached hydrogen (secondary N) is 1. The van der Waals surface area contributed by atoms with Gasteiger partial charge < -0.3 is 20.1 Å². The summed E-state index contributed by atoms with van der Waals surface area (Å²) in [5.41, 5.74) is 0.560. The second-order valence-corrected chi connectivity index (χ2v) is 9.48. The Hall–Kier alpha value is -1.83. The summed E-state index contributed by atoms with van der Waals surface area (Å²) in [7, 11) is 0. The first-order valence-corrected chi connectivity index (χ1v) is 10.6. The molecule has 2 amide bonds. The van der Waals surface area contributed by atoms with Crippen molar-refractivity contribution in [3.63, 3.8) is 0 Å². The average molecular weight is 454 g/mol. The molecule has 0 aromatic carbocycles. The molecule has 8 heteroatoms. The lowest BCUT2D eigenvalue weighted by molar-refractivity contribution is 0.0471. The predicted octanol–water partition coefficient (Wildman–Crippen LogP) is 4.52. The maximum absolute atomic E-state index is 11.9. The van der Waals surface area contributed by atoms with Gasteiger partial charge in [-0.3, -0.25) is 0 Å². The van der Waals surface area contributed by atoms with E-state index in [9.17, 15) is 14.7 Å². The minimum atomic E-state index is -0.860. The summed E-state index contributed by atoms with van der Waals surface area (Å²) < 4.78 is 6.09. The highest BCUT2D eigenvalue weighted by Crippen LogP contribution is 2.46. The second kappa shape index (κ2) is 8.27. The molecule has 1 heterocycles. The zero-order valence-electron chi connectivity index (χ0n) is 16.5. The van der Waals surface area contributed by atoms with Crippen LogP contribution in [0, 0.1) is 0 Å². The Morgan fingerprint density at radius 3 is 2.46 bits per heavy atom. The van der Waals surface area contributed by atoms with E-state index in [0.717, 1.165) is 42.3 Å². The molecule has 3 rings (SSSR count). The first-order chi connectivity index (χ1) is 13.1. The molecule has 2 saturated carbocycles. The van der Waals surface area contributed by atoms with Crippen LogP contribution in [-0.2, 0) is 4.74 Å². The molecule has 2 fully saturated rings. The molecule has 1 aromatic heterocycles. The molecule has 7 nitrogen and oxygen atoms in total. The standard InChI is InChI=1S/C20H28BrN3O4/c1-20(2,3)28-18(25)23-13-5-7-14(8-6-13)24(19(26)27)16-10-15(16)12-4-9-17(21)22-11-12/h4,9,11,13-16H,5-8,10H2,1-3H3,(H,23,25)(H,26,27)/t13?,14?,15-,16+/m0/s1. The highest BCUT2D eigenvalue weighted by molar-refractivity contribution is 9.10. The largest absolute Gasteiger partial charge is 0.465 e. The van der Waals surface area contributed by atoms with Crippen molar-refractivity contribution in [3.8, 4) is 0 Å². The third-order valence-corrected chi connectivity index (χ3v) is 5.79. The van der Waals surface area contributed by atoms with Gasteiger partial charge in [0.25, 0.3) is 0 Å². The second-order valence-electron chi connectivity index (χ2n) is 8.67. The minimum Gasteiger partial charge on any atom is -0.465 e. The van der Waals surface area contributed by atoms with E-state index in [2.05, 4.69) is 26.2 Å². The lowest BCUT2D eigenvalue weighted by atomic mass is 9.90. The summed E-state index contributed by atoms with van der Waals surface area (Å²) in [6.45, 7) is 5.50. The van der Waals surface area contributed by atoms with Crippen LogP contribution in [0.2, 0.25) is 0 Å². The smallest absolute Gasteiger partial charge is 0.407 e. The molecule has 0 bridgehead atoms. The van der Waals surface area contributed by atoms with Gasteiger partial charge in [0.15, 0.2) is 0 Å². The Morgan fingerprint density at radius 2 is 1.93 bits per heavy atom. The number of rotatable bonds is 4. The number of carbonyl (C=O) groups excluding carboxylic acids is 1. The molecule has 28 heavy (non-hydrogen) atoms. The van der Waals surface area contributed by atoms with Gasteiger partial charge in [-0.2, -0.15) is 0 Å². The summed E-state index contributed by atoms with van der Waals surface area (Å²) in [5.74, 6) is 0.217. The fourth-order valence-electron chi connectivity index (χ4n) is 4.00. The van der Waals surface area contributed by atoms with Crippen LogP contribution in [0.1, 0.15) is 64.4 Å². The Bertz CT molecular complexity index is 711. The summed E-state index contributed by atoms with van der Waals surface area (Å²) in [4.78, 5) is 29.8. The first kappa shape index (κ1) is 20.9. The maximum Gasteiger partial charge on any atom is 0.407 e. The lowest BCUT2D eigenvalue weighted by Gasteiger charge is -2.36. The van der Waals surface area contributed by atoms with E-state index in [1.807, 2.05) is 39.1 Å². The van der Waals surface area contributed by atoms with Crippen LogP contribution < -0.4 is 5.32 Å². The van der Waals surface area contributed by atoms with Crippen molar-refractivity contribution in [1.29, 1.82) is 0 Å². The van der Waals surface area contributed by atoms with Crippen molar-refractivity contribution in [3.05, 3.63) is 28.5 Å². The molecule has 2 atom stereocenters. The molecule has 0 unspecified atom stereocenters. The SMILES string of the molecule is CC(C)(C)OC(=O)NC1CCC(N(C(=O)O)[C@@H]2C[C@H]2c2ccc(Br)nc2)CC1. The van der Waals surface area contributed by atoms with Crippen molar-refractivity contribution in [2.75, 3.05) is 0 Å². The molecule has 0 aliphatic heterocycles. The van der Waals surface area contributed by atoms with Gasteiger partial charge in [0.2, 0.25) is 0 Å². The topological polar surface area (TPSA) is 91.8 Å². The van der Waals surface area contributed by atoms with Crippen LogP contribution in [0.4, 0.5) is 9.59 Å². The van der Waals surface area contributed by atoms with Crippen LogP contribution in [0.3, 0.4) is 0 Å². The Kier molecular flexibility index (Phi) is 6.17. The molecular weight excluding hydrogens is 426 g/mol. The molecule has 2 aliphatic rings. The fraction of sp³-hybridized carbons (Fsp3) is 0.650. The molecule has 0 radical (unpaired) electrons. The number of alkyl carbamates (subject to hydrolysis) is 1. The number of aromatic nitrogens is 1. The van der Waals surface area contributed by atoms with Crippen LogP contribution in [-0.4, -0.2) is 50.9 Å². The van der Waals surface area contributed by atoms with Gasteiger partial charge in [-0.25, -0.2) is 14.6 Å². The number of ether oxygens (including phenoxy) is 1. The van der Waals surface area contributed by atoms with Crippen LogP contribution in [0.15, 0.2) is 22.9 Å². The van der Waals surface area contributed by atoms with Crippen LogP contribution >= 0.6 is 15.9 Å². The Labute approximate surface area is 174 Å². The normalized spacial score (nSPS) is 27.0. The van der Waals surface area contributed by atoms with E-state index in [1.54, 1.807) is 4.90 Å². The highest BCUT2D eigenvalue weighted by Gasteiger charge is 2.48. The van der Waals surface area contributed by atoms with Crippen molar-refractivity contribution < 1.29 is 19.4 Å². The summed E-state index contributed by atoms with van der Waals surface area (Å²) in [6, 6.07) is 3.94. The molecule has 154 valence electrons.